The van der Waals surface area contributed by atoms with Crippen LogP contribution in [0.25, 0.3) is 0 Å². The summed E-state index contributed by atoms with van der Waals surface area (Å²) in [6.45, 7) is 3.25. The van der Waals surface area contributed by atoms with E-state index in [1.807, 2.05) is 6.92 Å². The van der Waals surface area contributed by atoms with Crippen LogP contribution < -0.4 is 0 Å². The van der Waals surface area contributed by atoms with Crippen molar-refractivity contribution < 1.29 is 44.1 Å². The number of aliphatic hydroxyl groups excluding tert-OH is 2. The summed E-state index contributed by atoms with van der Waals surface area (Å²) in [6.07, 6.45) is 2.66. The topological polar surface area (TPSA) is 159 Å². The Hall–Kier alpha value is -2.08. The van der Waals surface area contributed by atoms with Gasteiger partial charge >= 0.3 is 5.97 Å². The number of fused-ring (bicyclic) bond motifs is 5. The number of hydroxylamine groups is 2. The highest BCUT2D eigenvalue weighted by Gasteiger charge is 2.68. The molecule has 39 heavy (non-hydrogen) atoms. The Balaban J connectivity index is 1.33. The van der Waals surface area contributed by atoms with Crippen LogP contribution >= 0.6 is 11.8 Å². The fraction of sp³-hybridized carbons (Fsp3) is 0.750. The average molecular weight is 564 g/mol. The number of carbonyl (C=O) groups is 5. The molecule has 1 saturated heterocycles. The molecule has 3 saturated carbocycles. The van der Waals surface area contributed by atoms with E-state index in [0.29, 0.717) is 35.7 Å². The molecule has 6 unspecified atom stereocenters. The molecule has 1 heterocycles. The molecule has 4 aliphatic carbocycles. The summed E-state index contributed by atoms with van der Waals surface area (Å²) in [6, 6.07) is 0. The predicted octanol–water partition coefficient (Wildman–Crippen LogP) is 1.84. The van der Waals surface area contributed by atoms with E-state index >= 15 is 0 Å². The van der Waals surface area contributed by atoms with Crippen LogP contribution in [-0.2, 0) is 28.8 Å². The molecular formula is C28H37NO9S. The molecule has 4 fully saturated rings. The van der Waals surface area contributed by atoms with Crippen LogP contribution in [0.4, 0.5) is 0 Å². The molecule has 3 N–H and O–H groups in total. The van der Waals surface area contributed by atoms with Gasteiger partial charge in [0.2, 0.25) is 0 Å². The van der Waals surface area contributed by atoms with Crippen molar-refractivity contribution >= 4 is 41.1 Å². The number of nitrogens with zero attached hydrogens (tertiary/aromatic N) is 1. The fourth-order valence-corrected chi connectivity index (χ4v) is 9.84. The standard InChI is InChI=1S/C28H37NO9S/c1-26-10-8-18(31)25(39-12-9-23(36)38-29-21(34)5-6-22(29)35)17(26)4-3-15-16-7-11-28(37,20(33)14-30)27(16,2)13-19(32)24(15)26/h15-16,19,24,30,32,37H,3-14H2,1-2H3/t15?,16?,19?,24?,26?,27?,28-/m0/s1. The SMILES string of the molecule is CC12CCC(=O)C(SCCC(=O)ON3C(=O)CCC3=O)=C1CCC1C2C(O)CC2(C)C1CC[C@]2(O)C(=O)CO. The highest BCUT2D eigenvalue weighted by Crippen LogP contribution is 2.68. The van der Waals surface area contributed by atoms with Gasteiger partial charge in [-0.05, 0) is 67.3 Å². The molecule has 1 aliphatic heterocycles. The highest BCUT2D eigenvalue weighted by molar-refractivity contribution is 8.04. The van der Waals surface area contributed by atoms with Gasteiger partial charge in [0.15, 0.2) is 11.6 Å². The Kier molecular flexibility index (Phi) is 7.35. The molecule has 0 aromatic carbocycles. The molecular weight excluding hydrogens is 526 g/mol. The molecule has 5 aliphatic rings. The van der Waals surface area contributed by atoms with Crippen LogP contribution in [0.5, 0.6) is 0 Å². The number of rotatable bonds is 7. The minimum absolute atomic E-state index is 0.0168. The lowest BCUT2D eigenvalue weighted by atomic mass is 9.45. The smallest absolute Gasteiger partial charge is 0.334 e. The number of amides is 2. The first-order chi connectivity index (χ1) is 18.4. The Morgan fingerprint density at radius 3 is 2.41 bits per heavy atom. The number of Topliss-reactive ketones (excluding diaryl/α,β-unsaturated/α-hetero) is 2. The molecule has 5 rings (SSSR count). The highest BCUT2D eigenvalue weighted by atomic mass is 32.2. The van der Waals surface area contributed by atoms with E-state index in [-0.39, 0.29) is 61.4 Å². The summed E-state index contributed by atoms with van der Waals surface area (Å²) >= 11 is 1.29. The summed E-state index contributed by atoms with van der Waals surface area (Å²) in [5.41, 5.74) is -1.91. The van der Waals surface area contributed by atoms with E-state index < -0.39 is 52.7 Å². The Bertz CT molecular complexity index is 1140. The van der Waals surface area contributed by atoms with Crippen LogP contribution in [0.2, 0.25) is 0 Å². The minimum Gasteiger partial charge on any atom is -0.393 e. The van der Waals surface area contributed by atoms with Crippen molar-refractivity contribution in [3.8, 4) is 0 Å². The number of ketones is 2. The Labute approximate surface area is 231 Å². The minimum atomic E-state index is -1.65. The maximum atomic E-state index is 13.1. The van der Waals surface area contributed by atoms with Crippen molar-refractivity contribution in [2.24, 2.45) is 28.6 Å². The van der Waals surface area contributed by atoms with Crippen LogP contribution in [0, 0.1) is 28.6 Å². The van der Waals surface area contributed by atoms with Gasteiger partial charge in [0.25, 0.3) is 11.8 Å². The number of hydrogen-bond donors (Lipinski definition) is 3. The third kappa shape index (κ3) is 4.31. The zero-order valence-corrected chi connectivity index (χ0v) is 23.3. The lowest BCUT2D eigenvalue weighted by Crippen LogP contribution is -2.62. The number of allylic oxidation sites excluding steroid dienone is 1. The van der Waals surface area contributed by atoms with Crippen molar-refractivity contribution in [1.29, 1.82) is 0 Å². The third-order valence-corrected chi connectivity index (χ3v) is 11.7. The molecule has 7 atom stereocenters. The Morgan fingerprint density at radius 2 is 1.74 bits per heavy atom. The first-order valence-corrected chi connectivity index (χ1v) is 14.9. The molecule has 0 aromatic heterocycles. The van der Waals surface area contributed by atoms with E-state index in [9.17, 15) is 39.3 Å². The maximum Gasteiger partial charge on any atom is 0.334 e. The third-order valence-electron chi connectivity index (χ3n) is 10.5. The predicted molar refractivity (Wildman–Crippen MR) is 138 cm³/mol. The van der Waals surface area contributed by atoms with Gasteiger partial charge in [-0.3, -0.25) is 19.2 Å². The molecule has 214 valence electrons. The maximum absolute atomic E-state index is 13.1. The lowest BCUT2D eigenvalue weighted by molar-refractivity contribution is -0.197. The molecule has 0 spiro atoms. The van der Waals surface area contributed by atoms with E-state index in [0.717, 1.165) is 12.0 Å². The zero-order valence-electron chi connectivity index (χ0n) is 22.4. The second-order valence-electron chi connectivity index (χ2n) is 12.3. The largest absolute Gasteiger partial charge is 0.393 e. The summed E-state index contributed by atoms with van der Waals surface area (Å²) in [5.74, 6) is -2.14. The lowest BCUT2D eigenvalue weighted by Gasteiger charge is -2.60. The van der Waals surface area contributed by atoms with Gasteiger partial charge in [0.1, 0.15) is 12.2 Å². The second-order valence-corrected chi connectivity index (χ2v) is 13.4. The van der Waals surface area contributed by atoms with Crippen LogP contribution in [-0.4, -0.2) is 73.8 Å². The first-order valence-electron chi connectivity index (χ1n) is 13.9. The van der Waals surface area contributed by atoms with E-state index in [2.05, 4.69) is 6.92 Å². The van der Waals surface area contributed by atoms with E-state index in [1.54, 1.807) is 0 Å². The van der Waals surface area contributed by atoms with Gasteiger partial charge < -0.3 is 20.2 Å². The Morgan fingerprint density at radius 1 is 1.05 bits per heavy atom. The number of thioether (sulfide) groups is 1. The number of aliphatic hydroxyl groups is 3. The van der Waals surface area contributed by atoms with Crippen molar-refractivity contribution in [1.82, 2.24) is 5.06 Å². The number of hydrogen-bond acceptors (Lipinski definition) is 10. The first kappa shape index (κ1) is 28.4. The fourth-order valence-electron chi connectivity index (χ4n) is 8.60. The average Bonchev–Trinajstić information content (AvgIpc) is 3.35. The number of imide groups is 1. The summed E-state index contributed by atoms with van der Waals surface area (Å²) in [4.78, 5) is 66.9. The van der Waals surface area contributed by atoms with Crippen LogP contribution in [0.3, 0.4) is 0 Å². The number of carbonyl (C=O) groups excluding carboxylic acids is 5. The van der Waals surface area contributed by atoms with Crippen LogP contribution in [0.1, 0.15) is 78.1 Å². The molecule has 11 heteroatoms. The van der Waals surface area contributed by atoms with Crippen molar-refractivity contribution in [2.75, 3.05) is 12.4 Å². The van der Waals surface area contributed by atoms with Gasteiger partial charge in [-0.15, -0.1) is 16.8 Å². The monoisotopic (exact) mass is 563 g/mol. The molecule has 2 amide bonds. The quantitative estimate of drug-likeness (QED) is 0.390. The molecule has 10 nitrogen and oxygen atoms in total. The van der Waals surface area contributed by atoms with Crippen molar-refractivity contribution in [3.63, 3.8) is 0 Å². The molecule has 0 aromatic rings. The van der Waals surface area contributed by atoms with E-state index in [4.69, 9.17) is 4.84 Å². The molecule has 0 bridgehead atoms. The van der Waals surface area contributed by atoms with Gasteiger partial charge in [-0.1, -0.05) is 13.8 Å². The van der Waals surface area contributed by atoms with Crippen molar-refractivity contribution in [2.45, 2.75) is 89.8 Å². The van der Waals surface area contributed by atoms with Gasteiger partial charge in [0.05, 0.1) is 17.4 Å². The second kappa shape index (κ2) is 10.1. The molecule has 0 radical (unpaired) electrons. The van der Waals surface area contributed by atoms with Gasteiger partial charge in [-0.2, -0.15) is 0 Å². The normalized spacial score (nSPS) is 39.9. The summed E-state index contributed by atoms with van der Waals surface area (Å²) in [7, 11) is 0. The summed E-state index contributed by atoms with van der Waals surface area (Å²) < 4.78 is 0. The summed E-state index contributed by atoms with van der Waals surface area (Å²) in [5, 5.41) is 33.0. The van der Waals surface area contributed by atoms with Crippen LogP contribution in [0.15, 0.2) is 10.5 Å². The van der Waals surface area contributed by atoms with Gasteiger partial charge in [0, 0.05) is 30.4 Å². The van der Waals surface area contributed by atoms with E-state index in [1.165, 1.54) is 11.8 Å². The van der Waals surface area contributed by atoms with Crippen molar-refractivity contribution in [3.05, 3.63) is 10.5 Å². The van der Waals surface area contributed by atoms with Gasteiger partial charge in [-0.25, -0.2) is 4.79 Å². The zero-order chi connectivity index (χ0) is 28.3.